The summed E-state index contributed by atoms with van der Waals surface area (Å²) in [4.78, 5) is 0. The van der Waals surface area contributed by atoms with Gasteiger partial charge in [0.15, 0.2) is 0 Å². The number of hydrogen-bond donors (Lipinski definition) is 1. The van der Waals surface area contributed by atoms with Gasteiger partial charge in [-0.25, -0.2) is 0 Å². The van der Waals surface area contributed by atoms with Crippen LogP contribution in [0.4, 0.5) is 0 Å². The van der Waals surface area contributed by atoms with Crippen molar-refractivity contribution in [3.05, 3.63) is 29.3 Å². The molecular weight excluding hydrogens is 172 g/mol. The van der Waals surface area contributed by atoms with Crippen molar-refractivity contribution >= 4 is 0 Å². The lowest BCUT2D eigenvalue weighted by atomic mass is 9.94. The molecule has 1 aromatic carbocycles. The van der Waals surface area contributed by atoms with Crippen LogP contribution in [0, 0.1) is 5.92 Å². The van der Waals surface area contributed by atoms with E-state index in [1.807, 2.05) is 6.07 Å². The van der Waals surface area contributed by atoms with Gasteiger partial charge >= 0.3 is 0 Å². The molecule has 14 heavy (non-hydrogen) atoms. The van der Waals surface area contributed by atoms with E-state index in [1.165, 1.54) is 24.0 Å². The first-order valence-corrected chi connectivity index (χ1v) is 5.48. The van der Waals surface area contributed by atoms with E-state index in [1.54, 1.807) is 6.07 Å². The fourth-order valence-electron chi connectivity index (χ4n) is 1.97. The Hall–Kier alpha value is -0.980. The molecule has 1 fully saturated rings. The van der Waals surface area contributed by atoms with Gasteiger partial charge in [-0.05, 0) is 54.4 Å². The summed E-state index contributed by atoms with van der Waals surface area (Å²) in [5, 5.41) is 9.45. The Labute approximate surface area is 85.8 Å². The molecule has 0 aliphatic heterocycles. The van der Waals surface area contributed by atoms with Crippen molar-refractivity contribution in [3.63, 3.8) is 0 Å². The van der Waals surface area contributed by atoms with Crippen molar-refractivity contribution < 1.29 is 5.11 Å². The second kappa shape index (κ2) is 3.64. The van der Waals surface area contributed by atoms with Gasteiger partial charge in [0.05, 0.1) is 0 Å². The van der Waals surface area contributed by atoms with Crippen LogP contribution in [0.25, 0.3) is 0 Å². The summed E-state index contributed by atoms with van der Waals surface area (Å²) < 4.78 is 0. The highest BCUT2D eigenvalue weighted by Crippen LogP contribution is 2.35. The maximum absolute atomic E-state index is 9.45. The number of hydrogen-bond acceptors (Lipinski definition) is 1. The van der Waals surface area contributed by atoms with Crippen molar-refractivity contribution in [2.75, 3.05) is 0 Å². The first-order valence-electron chi connectivity index (χ1n) is 5.48. The quantitative estimate of drug-likeness (QED) is 0.773. The Morgan fingerprint density at radius 2 is 2.07 bits per heavy atom. The molecule has 0 bridgehead atoms. The second-order valence-electron chi connectivity index (χ2n) is 4.69. The summed E-state index contributed by atoms with van der Waals surface area (Å²) in [6.07, 6.45) is 3.89. The van der Waals surface area contributed by atoms with E-state index in [-0.39, 0.29) is 0 Å². The molecule has 1 nitrogen and oxygen atoms in total. The van der Waals surface area contributed by atoms with Crippen LogP contribution in [-0.2, 0) is 6.42 Å². The molecule has 1 heteroatoms. The first-order chi connectivity index (χ1) is 6.66. The van der Waals surface area contributed by atoms with E-state index in [2.05, 4.69) is 19.9 Å². The highest BCUT2D eigenvalue weighted by atomic mass is 16.3. The zero-order chi connectivity index (χ0) is 10.1. The highest BCUT2D eigenvalue weighted by molar-refractivity contribution is 5.37. The Morgan fingerprint density at radius 1 is 1.36 bits per heavy atom. The lowest BCUT2D eigenvalue weighted by molar-refractivity contribution is 0.474. The summed E-state index contributed by atoms with van der Waals surface area (Å²) >= 11 is 0. The predicted molar refractivity (Wildman–Crippen MR) is 58.6 cm³/mol. The van der Waals surface area contributed by atoms with Gasteiger partial charge in [0.25, 0.3) is 0 Å². The maximum atomic E-state index is 9.45. The van der Waals surface area contributed by atoms with Gasteiger partial charge in [-0.2, -0.15) is 0 Å². The summed E-state index contributed by atoms with van der Waals surface area (Å²) in [7, 11) is 0. The molecule has 2 rings (SSSR count). The molecule has 0 spiro atoms. The Balaban J connectivity index is 2.27. The monoisotopic (exact) mass is 190 g/mol. The SMILES string of the molecule is CC(C)c1ccc(O)cc1CC1CC1. The Bertz CT molecular complexity index is 324. The van der Waals surface area contributed by atoms with E-state index in [0.717, 1.165) is 12.3 Å². The van der Waals surface area contributed by atoms with Crippen molar-refractivity contribution in [3.8, 4) is 5.75 Å². The van der Waals surface area contributed by atoms with Gasteiger partial charge in [-0.1, -0.05) is 19.9 Å². The first kappa shape index (κ1) is 9.57. The van der Waals surface area contributed by atoms with Crippen LogP contribution < -0.4 is 0 Å². The van der Waals surface area contributed by atoms with Gasteiger partial charge in [0.2, 0.25) is 0 Å². The Kier molecular flexibility index (Phi) is 2.49. The molecule has 0 amide bonds. The van der Waals surface area contributed by atoms with Crippen molar-refractivity contribution in [2.24, 2.45) is 5.92 Å². The molecule has 0 atom stereocenters. The van der Waals surface area contributed by atoms with Crippen LogP contribution in [0.5, 0.6) is 5.75 Å². The number of rotatable bonds is 3. The molecule has 1 N–H and O–H groups in total. The van der Waals surface area contributed by atoms with Crippen LogP contribution in [-0.4, -0.2) is 5.11 Å². The largest absolute Gasteiger partial charge is 0.508 e. The topological polar surface area (TPSA) is 20.2 Å². The third-order valence-corrected chi connectivity index (χ3v) is 2.95. The minimum absolute atomic E-state index is 0.407. The minimum Gasteiger partial charge on any atom is -0.508 e. The number of benzene rings is 1. The van der Waals surface area contributed by atoms with Crippen molar-refractivity contribution in [1.82, 2.24) is 0 Å². The smallest absolute Gasteiger partial charge is 0.115 e. The van der Waals surface area contributed by atoms with Gasteiger partial charge in [0, 0.05) is 0 Å². The molecular formula is C13H18O. The van der Waals surface area contributed by atoms with E-state index >= 15 is 0 Å². The Morgan fingerprint density at radius 3 is 2.64 bits per heavy atom. The van der Waals surface area contributed by atoms with Crippen LogP contribution >= 0.6 is 0 Å². The number of phenols is 1. The normalized spacial score (nSPS) is 16.2. The van der Waals surface area contributed by atoms with Crippen LogP contribution in [0.2, 0.25) is 0 Å². The summed E-state index contributed by atoms with van der Waals surface area (Å²) in [5.74, 6) is 1.85. The van der Waals surface area contributed by atoms with Gasteiger partial charge < -0.3 is 5.11 Å². The van der Waals surface area contributed by atoms with E-state index in [0.29, 0.717) is 11.7 Å². The molecule has 1 aliphatic carbocycles. The van der Waals surface area contributed by atoms with E-state index in [4.69, 9.17) is 0 Å². The third kappa shape index (κ3) is 2.09. The van der Waals surface area contributed by atoms with Crippen LogP contribution in [0.15, 0.2) is 18.2 Å². The third-order valence-electron chi connectivity index (χ3n) is 2.95. The summed E-state index contributed by atoms with van der Waals surface area (Å²) in [6, 6.07) is 5.80. The summed E-state index contributed by atoms with van der Waals surface area (Å²) in [6.45, 7) is 4.42. The zero-order valence-electron chi connectivity index (χ0n) is 8.96. The zero-order valence-corrected chi connectivity index (χ0v) is 8.96. The van der Waals surface area contributed by atoms with E-state index < -0.39 is 0 Å². The lowest BCUT2D eigenvalue weighted by Gasteiger charge is -2.12. The minimum atomic E-state index is 0.407. The molecule has 0 aromatic heterocycles. The average Bonchev–Trinajstić information content (AvgIpc) is 2.87. The highest BCUT2D eigenvalue weighted by Gasteiger charge is 2.23. The lowest BCUT2D eigenvalue weighted by Crippen LogP contribution is -1.97. The maximum Gasteiger partial charge on any atom is 0.115 e. The number of aromatic hydroxyl groups is 1. The second-order valence-corrected chi connectivity index (χ2v) is 4.69. The number of phenolic OH excluding ortho intramolecular Hbond substituents is 1. The standard InChI is InChI=1S/C13H18O/c1-9(2)13-6-5-12(14)8-11(13)7-10-3-4-10/h5-6,8-10,14H,3-4,7H2,1-2H3. The van der Waals surface area contributed by atoms with Gasteiger partial charge in [0.1, 0.15) is 5.75 Å². The molecule has 1 saturated carbocycles. The van der Waals surface area contributed by atoms with Crippen LogP contribution in [0.3, 0.4) is 0 Å². The molecule has 0 heterocycles. The summed E-state index contributed by atoms with van der Waals surface area (Å²) in [5.41, 5.74) is 2.75. The van der Waals surface area contributed by atoms with Gasteiger partial charge in [-0.15, -0.1) is 0 Å². The molecule has 1 aliphatic rings. The molecule has 0 saturated heterocycles. The molecule has 76 valence electrons. The van der Waals surface area contributed by atoms with E-state index in [9.17, 15) is 5.11 Å². The molecule has 0 radical (unpaired) electrons. The van der Waals surface area contributed by atoms with Crippen LogP contribution in [0.1, 0.15) is 43.7 Å². The average molecular weight is 190 g/mol. The van der Waals surface area contributed by atoms with Gasteiger partial charge in [-0.3, -0.25) is 0 Å². The fourth-order valence-corrected chi connectivity index (χ4v) is 1.97. The fraction of sp³-hybridized carbons (Fsp3) is 0.538. The van der Waals surface area contributed by atoms with Crippen molar-refractivity contribution in [2.45, 2.75) is 39.0 Å². The molecule has 1 aromatic rings. The van der Waals surface area contributed by atoms with Crippen molar-refractivity contribution in [1.29, 1.82) is 0 Å². The molecule has 0 unspecified atom stereocenters. The predicted octanol–water partition coefficient (Wildman–Crippen LogP) is 3.47.